The zero-order valence-electron chi connectivity index (χ0n) is 9.11. The average molecular weight is 260 g/mol. The van der Waals surface area contributed by atoms with Crippen LogP contribution in [0.25, 0.3) is 0 Å². The maximum atomic E-state index is 11.9. The van der Waals surface area contributed by atoms with Crippen LogP contribution < -0.4 is 4.72 Å². The SMILES string of the molecule is N#Cc1ccc(NS(=O)(=O)c2cccnc2)nc1. The topological polar surface area (TPSA) is 95.7 Å². The molecule has 0 aliphatic heterocycles. The minimum absolute atomic E-state index is 0.0520. The van der Waals surface area contributed by atoms with Gasteiger partial charge in [-0.25, -0.2) is 13.4 Å². The molecule has 2 heterocycles. The lowest BCUT2D eigenvalue weighted by Gasteiger charge is -2.06. The van der Waals surface area contributed by atoms with Gasteiger partial charge in [0, 0.05) is 18.6 Å². The summed E-state index contributed by atoms with van der Waals surface area (Å²) in [6, 6.07) is 7.76. The van der Waals surface area contributed by atoms with Crippen molar-refractivity contribution in [2.24, 2.45) is 0 Å². The normalized spacial score (nSPS) is 10.6. The Morgan fingerprint density at radius 2 is 2.06 bits per heavy atom. The third kappa shape index (κ3) is 2.61. The molecule has 0 atom stereocenters. The molecule has 0 aliphatic rings. The predicted molar refractivity (Wildman–Crippen MR) is 64.0 cm³/mol. The van der Waals surface area contributed by atoms with Crippen LogP contribution in [-0.4, -0.2) is 18.4 Å². The van der Waals surface area contributed by atoms with Crippen LogP contribution in [0, 0.1) is 11.3 Å². The molecule has 0 fully saturated rings. The molecule has 0 spiro atoms. The summed E-state index contributed by atoms with van der Waals surface area (Å²) < 4.78 is 26.1. The second kappa shape index (κ2) is 4.81. The van der Waals surface area contributed by atoms with Crippen LogP contribution >= 0.6 is 0 Å². The predicted octanol–water partition coefficient (Wildman–Crippen LogP) is 1.15. The highest BCUT2D eigenvalue weighted by Crippen LogP contribution is 2.12. The van der Waals surface area contributed by atoms with Crippen molar-refractivity contribution in [1.29, 1.82) is 5.26 Å². The van der Waals surface area contributed by atoms with Gasteiger partial charge >= 0.3 is 0 Å². The summed E-state index contributed by atoms with van der Waals surface area (Å²) in [5.74, 6) is 0.151. The number of nitrogens with zero attached hydrogens (tertiary/aromatic N) is 3. The van der Waals surface area contributed by atoms with Crippen LogP contribution in [0.4, 0.5) is 5.82 Å². The molecule has 6 nitrogen and oxygen atoms in total. The number of rotatable bonds is 3. The summed E-state index contributed by atoms with van der Waals surface area (Å²) in [6.45, 7) is 0. The van der Waals surface area contributed by atoms with Crippen molar-refractivity contribution in [3.05, 3.63) is 48.4 Å². The Morgan fingerprint density at radius 1 is 1.22 bits per heavy atom. The molecule has 1 N–H and O–H groups in total. The largest absolute Gasteiger partial charge is 0.264 e. The lowest BCUT2D eigenvalue weighted by atomic mass is 10.3. The lowest BCUT2D eigenvalue weighted by molar-refractivity contribution is 0.600. The first-order chi connectivity index (χ1) is 8.62. The summed E-state index contributed by atoms with van der Waals surface area (Å²) >= 11 is 0. The van der Waals surface area contributed by atoms with Gasteiger partial charge in [0.15, 0.2) is 0 Å². The molecule has 2 rings (SSSR count). The highest BCUT2D eigenvalue weighted by Gasteiger charge is 2.14. The van der Waals surface area contributed by atoms with E-state index in [1.165, 1.54) is 42.9 Å². The van der Waals surface area contributed by atoms with Crippen LogP contribution in [0.1, 0.15) is 5.56 Å². The smallest absolute Gasteiger partial charge is 0.263 e. The van der Waals surface area contributed by atoms with Crippen molar-refractivity contribution >= 4 is 15.8 Å². The summed E-state index contributed by atoms with van der Waals surface area (Å²) in [5, 5.41) is 8.60. The Kier molecular flexibility index (Phi) is 3.21. The van der Waals surface area contributed by atoms with Gasteiger partial charge < -0.3 is 0 Å². The van der Waals surface area contributed by atoms with Gasteiger partial charge in [0.05, 0.1) is 5.56 Å². The Hall–Kier alpha value is -2.46. The van der Waals surface area contributed by atoms with E-state index in [4.69, 9.17) is 5.26 Å². The van der Waals surface area contributed by atoms with Crippen molar-refractivity contribution < 1.29 is 8.42 Å². The molecule has 0 aromatic carbocycles. The third-order valence-corrected chi connectivity index (χ3v) is 3.42. The molecular formula is C11H8N4O2S. The fourth-order valence-electron chi connectivity index (χ4n) is 1.22. The van der Waals surface area contributed by atoms with Crippen LogP contribution in [0.2, 0.25) is 0 Å². The first-order valence-electron chi connectivity index (χ1n) is 4.91. The van der Waals surface area contributed by atoms with Crippen molar-refractivity contribution in [2.45, 2.75) is 4.90 Å². The van der Waals surface area contributed by atoms with E-state index in [0.29, 0.717) is 5.56 Å². The maximum Gasteiger partial charge on any atom is 0.264 e. The van der Waals surface area contributed by atoms with Crippen LogP contribution in [0.3, 0.4) is 0 Å². The van der Waals surface area contributed by atoms with Crippen LogP contribution in [0.5, 0.6) is 0 Å². The molecule has 0 aliphatic carbocycles. The number of pyridine rings is 2. The van der Waals surface area contributed by atoms with Crippen LogP contribution in [0.15, 0.2) is 47.8 Å². The average Bonchev–Trinajstić information content (AvgIpc) is 2.40. The Morgan fingerprint density at radius 3 is 2.61 bits per heavy atom. The molecule has 0 saturated carbocycles. The molecule has 0 radical (unpaired) electrons. The standard InChI is InChI=1S/C11H8N4O2S/c12-6-9-3-4-11(14-7-9)15-18(16,17)10-2-1-5-13-8-10/h1-5,7-8H,(H,14,15). The van der Waals surface area contributed by atoms with Crippen molar-refractivity contribution in [1.82, 2.24) is 9.97 Å². The molecule has 18 heavy (non-hydrogen) atoms. The van der Waals surface area contributed by atoms with Crippen molar-refractivity contribution in [3.8, 4) is 6.07 Å². The molecule has 0 saturated heterocycles. The van der Waals surface area contributed by atoms with Gasteiger partial charge in [0.1, 0.15) is 16.8 Å². The Balaban J connectivity index is 2.26. The van der Waals surface area contributed by atoms with E-state index in [1.54, 1.807) is 0 Å². The van der Waals surface area contributed by atoms with Gasteiger partial charge in [-0.3, -0.25) is 9.71 Å². The highest BCUT2D eigenvalue weighted by molar-refractivity contribution is 7.92. The van der Waals surface area contributed by atoms with Crippen molar-refractivity contribution in [2.75, 3.05) is 4.72 Å². The van der Waals surface area contributed by atoms with E-state index < -0.39 is 10.0 Å². The lowest BCUT2D eigenvalue weighted by Crippen LogP contribution is -2.13. The third-order valence-electron chi connectivity index (χ3n) is 2.08. The highest BCUT2D eigenvalue weighted by atomic mass is 32.2. The van der Waals surface area contributed by atoms with E-state index >= 15 is 0 Å². The second-order valence-corrected chi connectivity index (χ2v) is 5.02. The first kappa shape index (κ1) is 12.0. The van der Waals surface area contributed by atoms with Gasteiger partial charge in [0.25, 0.3) is 10.0 Å². The van der Waals surface area contributed by atoms with E-state index in [0.717, 1.165) is 0 Å². The number of hydrogen-bond acceptors (Lipinski definition) is 5. The van der Waals surface area contributed by atoms with E-state index in [9.17, 15) is 8.42 Å². The number of anilines is 1. The molecule has 0 unspecified atom stereocenters. The quantitative estimate of drug-likeness (QED) is 0.893. The molecule has 2 aromatic rings. The van der Waals surface area contributed by atoms with Gasteiger partial charge in [-0.15, -0.1) is 0 Å². The summed E-state index contributed by atoms with van der Waals surface area (Å²) in [7, 11) is -3.69. The number of nitriles is 1. The Labute approximate surface area is 104 Å². The van der Waals surface area contributed by atoms with Gasteiger partial charge in [0.2, 0.25) is 0 Å². The summed E-state index contributed by atoms with van der Waals surface area (Å²) in [5.41, 5.74) is 0.360. The molecular weight excluding hydrogens is 252 g/mol. The minimum atomic E-state index is -3.69. The molecule has 7 heteroatoms. The van der Waals surface area contributed by atoms with E-state index in [-0.39, 0.29) is 10.7 Å². The fourth-order valence-corrected chi connectivity index (χ4v) is 2.19. The number of sulfonamides is 1. The number of nitrogens with one attached hydrogen (secondary N) is 1. The number of aromatic nitrogens is 2. The monoisotopic (exact) mass is 260 g/mol. The van der Waals surface area contributed by atoms with Crippen molar-refractivity contribution in [3.63, 3.8) is 0 Å². The summed E-state index contributed by atoms with van der Waals surface area (Å²) in [6.07, 6.45) is 4.02. The van der Waals surface area contributed by atoms with Gasteiger partial charge in [-0.1, -0.05) is 0 Å². The Bertz CT molecular complexity index is 675. The second-order valence-electron chi connectivity index (χ2n) is 3.34. The molecule has 0 bridgehead atoms. The fraction of sp³-hybridized carbons (Fsp3) is 0. The van der Waals surface area contributed by atoms with Gasteiger partial charge in [-0.2, -0.15) is 5.26 Å². The minimum Gasteiger partial charge on any atom is -0.263 e. The zero-order chi connectivity index (χ0) is 13.0. The maximum absolute atomic E-state index is 11.9. The molecule has 2 aromatic heterocycles. The number of hydrogen-bond donors (Lipinski definition) is 1. The van der Waals surface area contributed by atoms with Crippen LogP contribution in [-0.2, 0) is 10.0 Å². The first-order valence-corrected chi connectivity index (χ1v) is 6.39. The molecule has 0 amide bonds. The zero-order valence-corrected chi connectivity index (χ0v) is 9.92. The summed E-state index contributed by atoms with van der Waals surface area (Å²) in [4.78, 5) is 7.62. The molecule has 90 valence electrons. The van der Waals surface area contributed by atoms with Gasteiger partial charge in [-0.05, 0) is 24.3 Å². The van der Waals surface area contributed by atoms with E-state index in [2.05, 4.69) is 14.7 Å². The van der Waals surface area contributed by atoms with E-state index in [1.807, 2.05) is 6.07 Å².